The lowest BCUT2D eigenvalue weighted by Gasteiger charge is -2.08. The average molecular weight is 311 g/mol. The molecule has 1 aromatic heterocycles. The molecule has 1 aromatic carbocycles. The van der Waals surface area contributed by atoms with E-state index < -0.39 is 10.0 Å². The van der Waals surface area contributed by atoms with Crippen molar-refractivity contribution < 1.29 is 13.5 Å². The fraction of sp³-hybridized carbons (Fsp3) is 0.286. The highest BCUT2D eigenvalue weighted by atomic mass is 32.2. The topological polar surface area (TPSA) is 66.4 Å². The Balaban J connectivity index is 2.19. The first-order valence-corrected chi connectivity index (χ1v) is 8.53. The van der Waals surface area contributed by atoms with Crippen molar-refractivity contribution in [3.05, 3.63) is 51.2 Å². The molecule has 0 saturated heterocycles. The predicted molar refractivity (Wildman–Crippen MR) is 80.2 cm³/mol. The van der Waals surface area contributed by atoms with Crippen LogP contribution < -0.4 is 4.72 Å². The van der Waals surface area contributed by atoms with Crippen LogP contribution in [0.5, 0.6) is 0 Å². The van der Waals surface area contributed by atoms with E-state index in [-0.39, 0.29) is 18.0 Å². The molecule has 0 aliphatic carbocycles. The molecule has 0 atom stereocenters. The number of aryl methyl sites for hydroxylation is 2. The summed E-state index contributed by atoms with van der Waals surface area (Å²) in [5, 5.41) is 11.0. The van der Waals surface area contributed by atoms with Gasteiger partial charge in [-0.25, -0.2) is 13.1 Å². The first-order chi connectivity index (χ1) is 9.44. The van der Waals surface area contributed by atoms with Crippen molar-refractivity contribution in [2.24, 2.45) is 0 Å². The molecule has 0 radical (unpaired) electrons. The van der Waals surface area contributed by atoms with Crippen molar-refractivity contribution in [3.63, 3.8) is 0 Å². The molecule has 4 nitrogen and oxygen atoms in total. The average Bonchev–Trinajstić information content (AvgIpc) is 2.80. The van der Waals surface area contributed by atoms with Crippen LogP contribution in [0, 0.1) is 13.8 Å². The smallest absolute Gasteiger partial charge is 0.242 e. The van der Waals surface area contributed by atoms with Gasteiger partial charge in [-0.15, -0.1) is 11.3 Å². The van der Waals surface area contributed by atoms with Crippen LogP contribution in [0.4, 0.5) is 0 Å². The Morgan fingerprint density at radius 1 is 1.20 bits per heavy atom. The maximum Gasteiger partial charge on any atom is 0.242 e. The molecule has 0 spiro atoms. The molecule has 0 bridgehead atoms. The molecule has 1 heterocycles. The van der Waals surface area contributed by atoms with Crippen LogP contribution in [-0.4, -0.2) is 13.5 Å². The minimum atomic E-state index is -3.60. The van der Waals surface area contributed by atoms with Crippen LogP contribution in [0.25, 0.3) is 0 Å². The predicted octanol–water partition coefficient (Wildman–Crippen LogP) is 2.34. The van der Waals surface area contributed by atoms with Crippen molar-refractivity contribution in [2.45, 2.75) is 31.9 Å². The van der Waals surface area contributed by atoms with Gasteiger partial charge >= 0.3 is 0 Å². The molecule has 108 valence electrons. The molecule has 2 rings (SSSR count). The Labute approximate surface area is 123 Å². The summed E-state index contributed by atoms with van der Waals surface area (Å²) < 4.78 is 27.2. The summed E-state index contributed by atoms with van der Waals surface area (Å²) in [4.78, 5) is 0.677. The molecule has 0 saturated carbocycles. The van der Waals surface area contributed by atoms with Crippen molar-refractivity contribution in [2.75, 3.05) is 0 Å². The Hall–Kier alpha value is -1.21. The molecular weight excluding hydrogens is 294 g/mol. The molecule has 20 heavy (non-hydrogen) atoms. The Morgan fingerprint density at radius 3 is 2.45 bits per heavy atom. The molecule has 0 fully saturated rings. The second kappa shape index (κ2) is 6.05. The van der Waals surface area contributed by atoms with E-state index in [4.69, 9.17) is 0 Å². The molecule has 0 amide bonds. The van der Waals surface area contributed by atoms with Gasteiger partial charge in [0.15, 0.2) is 0 Å². The van der Waals surface area contributed by atoms with E-state index in [1.807, 2.05) is 31.2 Å². The number of thiophene rings is 1. The van der Waals surface area contributed by atoms with E-state index in [9.17, 15) is 13.5 Å². The Bertz CT molecular complexity index is 688. The molecule has 2 N–H and O–H groups in total. The second-order valence-corrected chi connectivity index (χ2v) is 7.31. The highest BCUT2D eigenvalue weighted by Gasteiger charge is 2.22. The van der Waals surface area contributed by atoms with Gasteiger partial charge in [0.2, 0.25) is 10.0 Å². The number of sulfonamides is 1. The molecule has 0 aliphatic rings. The van der Waals surface area contributed by atoms with Crippen molar-refractivity contribution >= 4 is 21.4 Å². The molecule has 2 aromatic rings. The van der Waals surface area contributed by atoms with Gasteiger partial charge in [0, 0.05) is 6.54 Å². The number of nitrogens with one attached hydrogen (secondary N) is 1. The van der Waals surface area contributed by atoms with Gasteiger partial charge in [-0.05, 0) is 30.4 Å². The normalized spacial score (nSPS) is 11.8. The van der Waals surface area contributed by atoms with Crippen molar-refractivity contribution in [3.8, 4) is 0 Å². The third-order valence-electron chi connectivity index (χ3n) is 2.99. The van der Waals surface area contributed by atoms with E-state index >= 15 is 0 Å². The van der Waals surface area contributed by atoms with Gasteiger partial charge < -0.3 is 5.11 Å². The van der Waals surface area contributed by atoms with Crippen LogP contribution in [-0.2, 0) is 23.2 Å². The first-order valence-electron chi connectivity index (χ1n) is 6.17. The first kappa shape index (κ1) is 15.2. The van der Waals surface area contributed by atoms with E-state index in [1.165, 1.54) is 11.3 Å². The number of benzene rings is 1. The van der Waals surface area contributed by atoms with Crippen LogP contribution in [0.15, 0.2) is 34.5 Å². The number of aliphatic hydroxyl groups excluding tert-OH is 1. The molecule has 0 aliphatic heterocycles. The maximum atomic E-state index is 12.3. The summed E-state index contributed by atoms with van der Waals surface area (Å²) in [6, 6.07) is 7.67. The summed E-state index contributed by atoms with van der Waals surface area (Å²) >= 11 is 1.26. The van der Waals surface area contributed by atoms with Crippen LogP contribution in [0.3, 0.4) is 0 Å². The standard InChI is InChI=1S/C14H17NO3S2/c1-10-3-5-12(6-4-10)7-15-20(17,18)14-11(2)9-19-13(14)8-16/h3-6,9,15-16H,7-8H2,1-2H3. The minimum Gasteiger partial charge on any atom is -0.391 e. The van der Waals surface area contributed by atoms with Crippen LogP contribution >= 0.6 is 11.3 Å². The summed E-state index contributed by atoms with van der Waals surface area (Å²) in [7, 11) is -3.60. The number of hydrogen-bond donors (Lipinski definition) is 2. The zero-order valence-corrected chi connectivity index (χ0v) is 13.0. The largest absolute Gasteiger partial charge is 0.391 e. The maximum absolute atomic E-state index is 12.3. The summed E-state index contributed by atoms with van der Waals surface area (Å²) in [5.41, 5.74) is 2.70. The minimum absolute atomic E-state index is 0.206. The number of hydrogen-bond acceptors (Lipinski definition) is 4. The summed E-state index contributed by atoms with van der Waals surface area (Å²) in [6.07, 6.45) is 0. The summed E-state index contributed by atoms with van der Waals surface area (Å²) in [6.45, 7) is 3.69. The van der Waals surface area contributed by atoms with Gasteiger partial charge in [0.05, 0.1) is 11.5 Å². The van der Waals surface area contributed by atoms with E-state index in [0.29, 0.717) is 10.4 Å². The van der Waals surface area contributed by atoms with E-state index in [0.717, 1.165) is 11.1 Å². The second-order valence-electron chi connectivity index (χ2n) is 4.64. The third kappa shape index (κ3) is 3.27. The van der Waals surface area contributed by atoms with E-state index in [1.54, 1.807) is 12.3 Å². The highest BCUT2D eigenvalue weighted by Crippen LogP contribution is 2.26. The fourth-order valence-electron chi connectivity index (χ4n) is 1.91. The lowest BCUT2D eigenvalue weighted by atomic mass is 10.2. The quantitative estimate of drug-likeness (QED) is 0.890. The van der Waals surface area contributed by atoms with Crippen molar-refractivity contribution in [1.82, 2.24) is 4.72 Å². The third-order valence-corrected chi connectivity index (χ3v) is 5.84. The van der Waals surface area contributed by atoms with Gasteiger partial charge in [0.1, 0.15) is 4.90 Å². The SMILES string of the molecule is Cc1ccc(CNS(=O)(=O)c2c(C)csc2CO)cc1. The molecular formula is C14H17NO3S2. The number of aliphatic hydroxyl groups is 1. The van der Waals surface area contributed by atoms with Gasteiger partial charge in [-0.2, -0.15) is 0 Å². The molecule has 0 unspecified atom stereocenters. The van der Waals surface area contributed by atoms with Gasteiger partial charge in [-0.1, -0.05) is 29.8 Å². The lowest BCUT2D eigenvalue weighted by Crippen LogP contribution is -2.24. The van der Waals surface area contributed by atoms with Crippen LogP contribution in [0.1, 0.15) is 21.6 Å². The fourth-order valence-corrected chi connectivity index (χ4v) is 4.59. The zero-order valence-electron chi connectivity index (χ0n) is 11.4. The van der Waals surface area contributed by atoms with Gasteiger partial charge in [0.25, 0.3) is 0 Å². The van der Waals surface area contributed by atoms with E-state index in [2.05, 4.69) is 4.72 Å². The monoisotopic (exact) mass is 311 g/mol. The van der Waals surface area contributed by atoms with Gasteiger partial charge in [-0.3, -0.25) is 0 Å². The number of rotatable bonds is 5. The van der Waals surface area contributed by atoms with Crippen LogP contribution in [0.2, 0.25) is 0 Å². The highest BCUT2D eigenvalue weighted by molar-refractivity contribution is 7.89. The summed E-state index contributed by atoms with van der Waals surface area (Å²) in [5.74, 6) is 0. The lowest BCUT2D eigenvalue weighted by molar-refractivity contribution is 0.282. The Kier molecular flexibility index (Phi) is 4.59. The zero-order chi connectivity index (χ0) is 14.8. The Morgan fingerprint density at radius 2 is 1.85 bits per heavy atom. The molecule has 6 heteroatoms. The van der Waals surface area contributed by atoms with Crippen molar-refractivity contribution in [1.29, 1.82) is 0 Å².